The molecule has 0 bridgehead atoms. The number of Topliss-reactive ketones (excluding diaryl/α,β-unsaturated/α-hetero) is 1. The summed E-state index contributed by atoms with van der Waals surface area (Å²) in [7, 11) is 1.46. The Morgan fingerprint density at radius 2 is 2.05 bits per heavy atom. The molecule has 2 aromatic rings. The first kappa shape index (κ1) is 15.5. The van der Waals surface area contributed by atoms with E-state index >= 15 is 0 Å². The fraction of sp³-hybridized carbons (Fsp3) is 0.188. The van der Waals surface area contributed by atoms with Crippen LogP contribution in [0.1, 0.15) is 22.8 Å². The molecule has 0 aliphatic heterocycles. The zero-order valence-corrected chi connectivity index (χ0v) is 12.7. The van der Waals surface area contributed by atoms with Crippen molar-refractivity contribution in [3.63, 3.8) is 0 Å². The summed E-state index contributed by atoms with van der Waals surface area (Å²) >= 11 is 6.17. The van der Waals surface area contributed by atoms with Crippen molar-refractivity contribution in [2.45, 2.75) is 13.8 Å². The molecule has 0 saturated heterocycles. The van der Waals surface area contributed by atoms with Crippen molar-refractivity contribution < 1.29 is 14.0 Å². The number of ketones is 1. The second-order valence-electron chi connectivity index (χ2n) is 4.65. The van der Waals surface area contributed by atoms with E-state index in [-0.39, 0.29) is 11.6 Å². The van der Waals surface area contributed by atoms with Gasteiger partial charge in [-0.05, 0) is 43.2 Å². The molecule has 0 saturated carbocycles. The molecule has 1 N–H and O–H groups in total. The number of nitrogens with one attached hydrogen (secondary N) is 1. The Morgan fingerprint density at radius 1 is 1.33 bits per heavy atom. The highest BCUT2D eigenvalue weighted by molar-refractivity contribution is 6.32. The normalized spacial score (nSPS) is 10.5. The summed E-state index contributed by atoms with van der Waals surface area (Å²) in [5.41, 5.74) is 5.59. The van der Waals surface area contributed by atoms with Gasteiger partial charge in [0.2, 0.25) is 0 Å². The second kappa shape index (κ2) is 6.24. The zero-order chi connectivity index (χ0) is 15.6. The third-order valence-corrected chi connectivity index (χ3v) is 3.61. The summed E-state index contributed by atoms with van der Waals surface area (Å²) in [5, 5.41) is 0.444. The molecule has 5 heteroatoms. The number of anilines is 1. The molecule has 110 valence electrons. The SMILES string of the molecule is CONc1c(C)c(Cl)cc(C(C)=O)c1-c1cccc(F)c1. The number of rotatable bonds is 4. The maximum Gasteiger partial charge on any atom is 0.160 e. The molecule has 0 atom stereocenters. The maximum atomic E-state index is 13.5. The Morgan fingerprint density at radius 3 is 2.62 bits per heavy atom. The van der Waals surface area contributed by atoms with Crippen molar-refractivity contribution in [3.05, 3.63) is 52.3 Å². The van der Waals surface area contributed by atoms with Crippen LogP contribution in [-0.2, 0) is 4.84 Å². The van der Waals surface area contributed by atoms with Crippen LogP contribution in [0, 0.1) is 12.7 Å². The van der Waals surface area contributed by atoms with E-state index < -0.39 is 0 Å². The standard InChI is InChI=1S/C16H15ClFNO2/c1-9-14(17)8-13(10(2)20)15(16(9)19-21-3)11-5-4-6-12(18)7-11/h4-8,19H,1-3H3. The van der Waals surface area contributed by atoms with Crippen LogP contribution in [0.5, 0.6) is 0 Å². The van der Waals surface area contributed by atoms with Crippen molar-refractivity contribution in [1.29, 1.82) is 0 Å². The average molecular weight is 308 g/mol. The van der Waals surface area contributed by atoms with Crippen LogP contribution in [-0.4, -0.2) is 12.9 Å². The first-order valence-corrected chi connectivity index (χ1v) is 6.72. The van der Waals surface area contributed by atoms with Crippen molar-refractivity contribution in [2.75, 3.05) is 12.6 Å². The van der Waals surface area contributed by atoms with Gasteiger partial charge in [0, 0.05) is 16.1 Å². The van der Waals surface area contributed by atoms with Gasteiger partial charge in [0.1, 0.15) is 5.82 Å². The van der Waals surface area contributed by atoms with E-state index in [2.05, 4.69) is 5.48 Å². The lowest BCUT2D eigenvalue weighted by molar-refractivity contribution is 0.101. The summed E-state index contributed by atoms with van der Waals surface area (Å²) in [6.45, 7) is 3.25. The lowest BCUT2D eigenvalue weighted by atomic mass is 9.93. The summed E-state index contributed by atoms with van der Waals surface area (Å²) < 4.78 is 13.5. The van der Waals surface area contributed by atoms with Gasteiger partial charge in [-0.2, -0.15) is 0 Å². The van der Waals surface area contributed by atoms with Crippen molar-refractivity contribution in [3.8, 4) is 11.1 Å². The van der Waals surface area contributed by atoms with Crippen LogP contribution in [0.4, 0.5) is 10.1 Å². The first-order chi connectivity index (χ1) is 9.95. The number of hydrogen-bond donors (Lipinski definition) is 1. The molecular formula is C16H15ClFNO2. The van der Waals surface area contributed by atoms with Crippen molar-refractivity contribution in [1.82, 2.24) is 0 Å². The van der Waals surface area contributed by atoms with Gasteiger partial charge in [-0.15, -0.1) is 0 Å². The minimum atomic E-state index is -0.377. The van der Waals surface area contributed by atoms with Crippen molar-refractivity contribution in [2.24, 2.45) is 0 Å². The van der Waals surface area contributed by atoms with E-state index in [1.165, 1.54) is 26.2 Å². The largest absolute Gasteiger partial charge is 0.294 e. The van der Waals surface area contributed by atoms with Gasteiger partial charge >= 0.3 is 0 Å². The Bertz CT molecular complexity index is 701. The van der Waals surface area contributed by atoms with Crippen LogP contribution in [0.25, 0.3) is 11.1 Å². The molecule has 0 aliphatic rings. The molecule has 2 aromatic carbocycles. The van der Waals surface area contributed by atoms with Crippen LogP contribution < -0.4 is 5.48 Å². The molecule has 0 aliphatic carbocycles. The third kappa shape index (κ3) is 3.06. The van der Waals surface area contributed by atoms with Gasteiger partial charge in [0.25, 0.3) is 0 Å². The van der Waals surface area contributed by atoms with Gasteiger partial charge in [0.15, 0.2) is 5.78 Å². The molecular weight excluding hydrogens is 293 g/mol. The van der Waals surface area contributed by atoms with E-state index in [1.807, 2.05) is 0 Å². The summed E-state index contributed by atoms with van der Waals surface area (Å²) in [6.07, 6.45) is 0. The third-order valence-electron chi connectivity index (χ3n) is 3.22. The van der Waals surface area contributed by atoms with Gasteiger partial charge in [-0.3, -0.25) is 15.1 Å². The van der Waals surface area contributed by atoms with Gasteiger partial charge < -0.3 is 0 Å². The smallest absolute Gasteiger partial charge is 0.160 e. The molecule has 21 heavy (non-hydrogen) atoms. The molecule has 0 radical (unpaired) electrons. The van der Waals surface area contributed by atoms with Crippen LogP contribution in [0.15, 0.2) is 30.3 Å². The molecule has 0 fully saturated rings. The molecule has 0 unspecified atom stereocenters. The number of halogens is 2. The topological polar surface area (TPSA) is 38.3 Å². The molecule has 0 amide bonds. The summed E-state index contributed by atoms with van der Waals surface area (Å²) in [6, 6.07) is 7.65. The Balaban J connectivity index is 2.82. The average Bonchev–Trinajstić information content (AvgIpc) is 2.43. The monoisotopic (exact) mass is 307 g/mol. The Labute approximate surface area is 127 Å². The first-order valence-electron chi connectivity index (χ1n) is 6.34. The van der Waals surface area contributed by atoms with Gasteiger partial charge in [-0.25, -0.2) is 4.39 Å². The predicted octanol–water partition coefficient (Wildman–Crippen LogP) is 4.63. The highest BCUT2D eigenvalue weighted by Gasteiger charge is 2.19. The van der Waals surface area contributed by atoms with Crippen molar-refractivity contribution >= 4 is 23.1 Å². The van der Waals surface area contributed by atoms with E-state index in [9.17, 15) is 9.18 Å². The fourth-order valence-electron chi connectivity index (χ4n) is 2.20. The van der Waals surface area contributed by atoms with Crippen LogP contribution in [0.3, 0.4) is 0 Å². The minimum absolute atomic E-state index is 0.157. The highest BCUT2D eigenvalue weighted by atomic mass is 35.5. The quantitative estimate of drug-likeness (QED) is 0.661. The van der Waals surface area contributed by atoms with Gasteiger partial charge in [-0.1, -0.05) is 23.7 Å². The predicted molar refractivity (Wildman–Crippen MR) is 82.2 cm³/mol. The number of carbonyl (C=O) groups excluding carboxylic acids is 1. The minimum Gasteiger partial charge on any atom is -0.294 e. The zero-order valence-electron chi connectivity index (χ0n) is 12.0. The number of hydrogen-bond acceptors (Lipinski definition) is 3. The molecule has 0 heterocycles. The van der Waals surface area contributed by atoms with Crippen LogP contribution in [0.2, 0.25) is 5.02 Å². The Hall–Kier alpha value is -1.91. The molecule has 2 rings (SSSR count). The van der Waals surface area contributed by atoms with Crippen LogP contribution >= 0.6 is 11.6 Å². The van der Waals surface area contributed by atoms with E-state index in [0.717, 1.165) is 5.56 Å². The second-order valence-corrected chi connectivity index (χ2v) is 5.06. The van der Waals surface area contributed by atoms with E-state index in [4.69, 9.17) is 16.4 Å². The summed E-state index contributed by atoms with van der Waals surface area (Å²) in [5.74, 6) is -0.534. The Kier molecular flexibility index (Phi) is 4.60. The maximum absolute atomic E-state index is 13.5. The molecule has 0 spiro atoms. The summed E-state index contributed by atoms with van der Waals surface area (Å²) in [4.78, 5) is 16.9. The highest BCUT2D eigenvalue weighted by Crippen LogP contribution is 2.38. The van der Waals surface area contributed by atoms with E-state index in [1.54, 1.807) is 25.1 Å². The van der Waals surface area contributed by atoms with Gasteiger partial charge in [0.05, 0.1) is 12.8 Å². The number of carbonyl (C=O) groups is 1. The lowest BCUT2D eigenvalue weighted by Crippen LogP contribution is -2.06. The molecule has 3 nitrogen and oxygen atoms in total. The fourth-order valence-corrected chi connectivity index (χ4v) is 2.40. The number of benzene rings is 2. The molecule has 0 aromatic heterocycles. The van der Waals surface area contributed by atoms with E-state index in [0.29, 0.717) is 27.4 Å². The lowest BCUT2D eigenvalue weighted by Gasteiger charge is -2.18.